The Hall–Kier alpha value is -0.630. The van der Waals surface area contributed by atoms with Crippen LogP contribution in [-0.2, 0) is 14.1 Å². The van der Waals surface area contributed by atoms with Gasteiger partial charge in [0.1, 0.15) is 0 Å². The van der Waals surface area contributed by atoms with Crippen molar-refractivity contribution in [3.05, 3.63) is 0 Å². The highest BCUT2D eigenvalue weighted by Gasteiger charge is 2.26. The minimum absolute atomic E-state index is 0.627. The second kappa shape index (κ2) is 4.29. The van der Waals surface area contributed by atoms with Crippen LogP contribution in [0.15, 0.2) is 0 Å². The van der Waals surface area contributed by atoms with Crippen LogP contribution in [0.2, 0.25) is 0 Å². The molecule has 0 aliphatic heterocycles. The molecule has 11 heavy (non-hydrogen) atoms. The Bertz CT molecular complexity index is 184. The molecule has 5 heteroatoms. The first-order valence-electron chi connectivity index (χ1n) is 3.61. The Balaban J connectivity index is 4.09. The van der Waals surface area contributed by atoms with E-state index >= 15 is 0 Å². The predicted octanol–water partition coefficient (Wildman–Crippen LogP) is 0.676. The number of carboxylic acids is 1. The summed E-state index contributed by atoms with van der Waals surface area (Å²) < 4.78 is 11.0. The summed E-state index contributed by atoms with van der Waals surface area (Å²) in [7, 11) is -0.675. The van der Waals surface area contributed by atoms with Gasteiger partial charge in [-0.3, -0.25) is 9.59 Å². The zero-order chi connectivity index (χ0) is 9.72. The van der Waals surface area contributed by atoms with Gasteiger partial charge in [-0.15, -0.1) is 0 Å². The standard InChI is InChI=1S/C6H11O4P/c1-3(5(7)8)4(2)6(9)10-11/h3-4H,11H2,1-2H3,(H,7,8)/i11T. The normalized spacial score (nSPS) is 17.5. The zero-order valence-corrected chi connectivity index (χ0v) is 7.33. The number of carboxylic acid groups (broad SMARTS) is 1. The second-order valence-corrected chi connectivity index (χ2v) is 2.54. The SMILES string of the molecule is [3H]POC(=O)C(C)C(C)C(=O)O. The van der Waals surface area contributed by atoms with Crippen LogP contribution in [0.3, 0.4) is 0 Å². The summed E-state index contributed by atoms with van der Waals surface area (Å²) in [5, 5.41) is 8.52. The molecule has 3 atom stereocenters. The van der Waals surface area contributed by atoms with Crippen molar-refractivity contribution < 1.29 is 19.2 Å². The molecule has 0 rings (SSSR count). The molecular weight excluding hydrogens is 167 g/mol. The summed E-state index contributed by atoms with van der Waals surface area (Å²) in [6.07, 6.45) is 0. The quantitative estimate of drug-likeness (QED) is 0.646. The smallest absolute Gasteiger partial charge is 0.311 e. The second-order valence-electron chi connectivity index (χ2n) is 2.34. The van der Waals surface area contributed by atoms with E-state index in [9.17, 15) is 9.59 Å². The van der Waals surface area contributed by atoms with Gasteiger partial charge in [0.05, 0.1) is 22.5 Å². The third-order valence-corrected chi connectivity index (χ3v) is 1.81. The molecular formula is C6H11O4P. The molecule has 0 fully saturated rings. The minimum atomic E-state index is -1.03. The maximum absolute atomic E-state index is 10.9. The van der Waals surface area contributed by atoms with Gasteiger partial charge in [0.2, 0.25) is 0 Å². The first kappa shape index (κ1) is 8.47. The van der Waals surface area contributed by atoms with E-state index in [0.717, 1.165) is 0 Å². The van der Waals surface area contributed by atoms with Crippen LogP contribution in [0.4, 0.5) is 0 Å². The Morgan fingerprint density at radius 2 is 2.09 bits per heavy atom. The number of aliphatic carboxylic acids is 1. The number of carbonyl (C=O) groups is 2. The van der Waals surface area contributed by atoms with Gasteiger partial charge in [-0.05, 0) is 0 Å². The van der Waals surface area contributed by atoms with Gasteiger partial charge in [-0.2, -0.15) is 0 Å². The summed E-state index contributed by atoms with van der Waals surface area (Å²) in [6, 6.07) is 0. The van der Waals surface area contributed by atoms with Gasteiger partial charge >= 0.3 is 11.9 Å². The Morgan fingerprint density at radius 3 is 2.45 bits per heavy atom. The van der Waals surface area contributed by atoms with E-state index in [0.29, 0.717) is 0 Å². The lowest BCUT2D eigenvalue weighted by atomic mass is 9.97. The molecule has 4 nitrogen and oxygen atoms in total. The molecule has 0 saturated heterocycles. The molecule has 0 spiro atoms. The van der Waals surface area contributed by atoms with E-state index < -0.39 is 33.2 Å². The third-order valence-electron chi connectivity index (χ3n) is 1.61. The molecule has 3 unspecified atom stereocenters. The van der Waals surface area contributed by atoms with Crippen LogP contribution in [0.25, 0.3) is 0 Å². The van der Waals surface area contributed by atoms with E-state index in [1.54, 1.807) is 0 Å². The van der Waals surface area contributed by atoms with Gasteiger partial charge in [0.25, 0.3) is 0 Å². The highest BCUT2D eigenvalue weighted by molar-refractivity contribution is 7.10. The lowest BCUT2D eigenvalue weighted by molar-refractivity contribution is -0.150. The fourth-order valence-electron chi connectivity index (χ4n) is 0.511. The van der Waals surface area contributed by atoms with Crippen LogP contribution >= 0.6 is 9.41 Å². The molecule has 0 amide bonds. The van der Waals surface area contributed by atoms with E-state index in [1.165, 1.54) is 13.8 Å². The maximum Gasteiger partial charge on any atom is 0.311 e. The largest absolute Gasteiger partial charge is 0.481 e. The summed E-state index contributed by atoms with van der Waals surface area (Å²) in [5.74, 6) is -3.12. The molecule has 0 aromatic heterocycles. The van der Waals surface area contributed by atoms with E-state index in [2.05, 4.69) is 4.52 Å². The summed E-state index contributed by atoms with van der Waals surface area (Å²) >= 11 is 0. The van der Waals surface area contributed by atoms with Crippen LogP contribution in [0.5, 0.6) is 0 Å². The zero-order valence-electron chi connectivity index (χ0n) is 7.33. The van der Waals surface area contributed by atoms with E-state index in [1.807, 2.05) is 0 Å². The van der Waals surface area contributed by atoms with Crippen molar-refractivity contribution in [3.8, 4) is 0 Å². The van der Waals surface area contributed by atoms with Crippen LogP contribution in [0.1, 0.15) is 13.8 Å². The minimum Gasteiger partial charge on any atom is -0.481 e. The Kier molecular flexibility index (Phi) is 3.30. The van der Waals surface area contributed by atoms with Gasteiger partial charge in [0.15, 0.2) is 0 Å². The number of hydrogen-bond donors (Lipinski definition) is 1. The highest BCUT2D eigenvalue weighted by Crippen LogP contribution is 2.13. The number of carbonyl (C=O) groups excluding carboxylic acids is 1. The molecule has 64 valence electrons. The van der Waals surface area contributed by atoms with Crippen LogP contribution in [-0.4, -0.2) is 18.3 Å². The average Bonchev–Trinajstić information content (AvgIpc) is 2.02. The fraction of sp³-hybridized carbons (Fsp3) is 0.667. The summed E-state index contributed by atoms with van der Waals surface area (Å²) in [4.78, 5) is 21.3. The number of hydrogen-bond acceptors (Lipinski definition) is 3. The summed E-state index contributed by atoms with van der Waals surface area (Å²) in [6.45, 7) is 2.91. The molecule has 0 saturated carbocycles. The van der Waals surface area contributed by atoms with Crippen molar-refractivity contribution >= 4 is 21.4 Å². The molecule has 0 aromatic carbocycles. The van der Waals surface area contributed by atoms with E-state index in [4.69, 9.17) is 6.39 Å². The Morgan fingerprint density at radius 1 is 1.55 bits per heavy atom. The fourth-order valence-corrected chi connectivity index (χ4v) is 0.697. The molecule has 0 aliphatic rings. The van der Waals surface area contributed by atoms with Crippen molar-refractivity contribution in [2.75, 3.05) is 0 Å². The van der Waals surface area contributed by atoms with E-state index in [-0.39, 0.29) is 0 Å². The van der Waals surface area contributed by atoms with Gasteiger partial charge in [-0.1, -0.05) is 13.8 Å². The molecule has 0 radical (unpaired) electrons. The van der Waals surface area contributed by atoms with Crippen molar-refractivity contribution in [3.63, 3.8) is 0 Å². The predicted molar refractivity (Wildman–Crippen MR) is 41.8 cm³/mol. The van der Waals surface area contributed by atoms with Crippen LogP contribution in [0, 0.1) is 11.8 Å². The highest BCUT2D eigenvalue weighted by atomic mass is 31.0. The molecule has 1 N–H and O–H groups in total. The summed E-state index contributed by atoms with van der Waals surface area (Å²) in [5.41, 5.74) is 0. The van der Waals surface area contributed by atoms with Crippen molar-refractivity contribution in [2.24, 2.45) is 11.8 Å². The Labute approximate surface area is 68.5 Å². The lowest BCUT2D eigenvalue weighted by Crippen LogP contribution is -2.25. The first-order valence-corrected chi connectivity index (χ1v) is 3.51. The molecule has 0 aliphatic carbocycles. The average molecular weight is 180 g/mol. The first-order chi connectivity index (χ1) is 5.50. The molecule has 0 aromatic rings. The monoisotopic (exact) mass is 180 g/mol. The van der Waals surface area contributed by atoms with Gasteiger partial charge in [-0.25, -0.2) is 0 Å². The van der Waals surface area contributed by atoms with Crippen molar-refractivity contribution in [2.45, 2.75) is 13.8 Å². The number of rotatable bonds is 4. The van der Waals surface area contributed by atoms with Gasteiger partial charge < -0.3 is 9.63 Å². The maximum atomic E-state index is 10.9. The van der Waals surface area contributed by atoms with Crippen molar-refractivity contribution in [1.82, 2.24) is 0 Å². The lowest BCUT2D eigenvalue weighted by Gasteiger charge is -2.12. The molecule has 0 heterocycles. The third kappa shape index (κ3) is 2.85. The molecule has 0 bridgehead atoms. The van der Waals surface area contributed by atoms with Crippen molar-refractivity contribution in [1.29, 1.82) is 1.28 Å². The topological polar surface area (TPSA) is 63.6 Å². The van der Waals surface area contributed by atoms with Crippen LogP contribution < -0.4 is 0 Å². The van der Waals surface area contributed by atoms with Gasteiger partial charge in [0, 0.05) is 0 Å².